The SMILES string of the molecule is COC(=O)CC(C[S-])C(=O)OC.[Y]. The fourth-order valence-electron chi connectivity index (χ4n) is 0.661. The zero-order valence-electron chi connectivity index (χ0n) is 7.61. The molecule has 0 fully saturated rings. The number of ether oxygens (including phenoxy) is 2. The third-order valence-electron chi connectivity index (χ3n) is 1.38. The molecule has 1 atom stereocenters. The van der Waals surface area contributed by atoms with Gasteiger partial charge in [0.1, 0.15) is 0 Å². The summed E-state index contributed by atoms with van der Waals surface area (Å²) >= 11 is 4.67. The van der Waals surface area contributed by atoms with Crippen LogP contribution in [0, 0.1) is 5.92 Å². The second-order valence-corrected chi connectivity index (χ2v) is 2.50. The molecule has 0 N–H and O–H groups in total. The van der Waals surface area contributed by atoms with Gasteiger partial charge in [-0.25, -0.2) is 0 Å². The first kappa shape index (κ1) is 15.8. The van der Waals surface area contributed by atoms with Gasteiger partial charge in [0, 0.05) is 38.6 Å². The quantitative estimate of drug-likeness (QED) is 0.531. The number of esters is 2. The van der Waals surface area contributed by atoms with Crippen LogP contribution in [0.25, 0.3) is 0 Å². The summed E-state index contributed by atoms with van der Waals surface area (Å²) in [6.07, 6.45) is -0.00727. The molecular formula is C7H11O4SY-. The Morgan fingerprint density at radius 1 is 1.31 bits per heavy atom. The molecule has 0 aliphatic rings. The van der Waals surface area contributed by atoms with E-state index in [1.165, 1.54) is 14.2 Å². The van der Waals surface area contributed by atoms with Crippen LogP contribution in [-0.4, -0.2) is 31.9 Å². The number of methoxy groups -OCH3 is 2. The van der Waals surface area contributed by atoms with Crippen molar-refractivity contribution in [3.05, 3.63) is 0 Å². The molecule has 0 rings (SSSR count). The fourth-order valence-corrected chi connectivity index (χ4v) is 0.915. The first-order chi connectivity index (χ1) is 5.65. The molecule has 0 aromatic heterocycles. The van der Waals surface area contributed by atoms with Gasteiger partial charge < -0.3 is 22.1 Å². The van der Waals surface area contributed by atoms with Gasteiger partial charge in [-0.3, -0.25) is 9.59 Å². The molecule has 1 unspecified atom stereocenters. The van der Waals surface area contributed by atoms with Gasteiger partial charge in [0.05, 0.1) is 20.6 Å². The average molecular weight is 280 g/mol. The number of carbonyl (C=O) groups excluding carboxylic acids is 2. The third kappa shape index (κ3) is 6.46. The molecule has 0 aromatic rings. The number of hydrogen-bond acceptors (Lipinski definition) is 5. The van der Waals surface area contributed by atoms with Gasteiger partial charge in [0.2, 0.25) is 0 Å². The molecule has 0 amide bonds. The zero-order chi connectivity index (χ0) is 9.56. The second-order valence-electron chi connectivity index (χ2n) is 2.17. The molecule has 4 nitrogen and oxygen atoms in total. The van der Waals surface area contributed by atoms with Crippen LogP contribution in [0.4, 0.5) is 0 Å². The Morgan fingerprint density at radius 2 is 1.85 bits per heavy atom. The van der Waals surface area contributed by atoms with E-state index < -0.39 is 17.9 Å². The Bertz CT molecular complexity index is 174. The van der Waals surface area contributed by atoms with E-state index >= 15 is 0 Å². The van der Waals surface area contributed by atoms with Crippen molar-refractivity contribution in [2.45, 2.75) is 6.42 Å². The van der Waals surface area contributed by atoms with Crippen molar-refractivity contribution >= 4 is 24.6 Å². The molecular weight excluding hydrogens is 269 g/mol. The standard InChI is InChI=1S/C7H12O4S.Y/c1-10-6(8)3-5(4-12)7(9)11-2;/h5,12H,3-4H2,1-2H3;/p-1. The van der Waals surface area contributed by atoms with E-state index in [2.05, 4.69) is 22.1 Å². The molecule has 0 spiro atoms. The minimum absolute atomic E-state index is 0. The van der Waals surface area contributed by atoms with Crippen molar-refractivity contribution in [2.24, 2.45) is 5.92 Å². The molecule has 73 valence electrons. The summed E-state index contributed by atoms with van der Waals surface area (Å²) < 4.78 is 8.82. The van der Waals surface area contributed by atoms with Gasteiger partial charge in [-0.2, -0.15) is 5.75 Å². The normalized spacial score (nSPS) is 11.0. The van der Waals surface area contributed by atoms with Crippen molar-refractivity contribution in [3.63, 3.8) is 0 Å². The Balaban J connectivity index is 0. The van der Waals surface area contributed by atoms with Gasteiger partial charge in [0.15, 0.2) is 0 Å². The predicted octanol–water partition coefficient (Wildman–Crippen LogP) is -0.117. The largest absolute Gasteiger partial charge is 0.792 e. The van der Waals surface area contributed by atoms with Crippen LogP contribution in [0.2, 0.25) is 0 Å². The van der Waals surface area contributed by atoms with Crippen LogP contribution in [-0.2, 0) is 64.4 Å². The summed E-state index contributed by atoms with van der Waals surface area (Å²) in [6.45, 7) is 0. The van der Waals surface area contributed by atoms with Crippen molar-refractivity contribution in [2.75, 3.05) is 20.0 Å². The first-order valence-electron chi connectivity index (χ1n) is 3.38. The van der Waals surface area contributed by atoms with E-state index in [1.54, 1.807) is 0 Å². The number of carbonyl (C=O) groups is 2. The molecule has 1 radical (unpaired) electrons. The summed E-state index contributed by atoms with van der Waals surface area (Å²) in [4.78, 5) is 21.6. The maximum absolute atomic E-state index is 10.9. The van der Waals surface area contributed by atoms with Crippen LogP contribution in [0.15, 0.2) is 0 Å². The smallest absolute Gasteiger partial charge is 0.307 e. The van der Waals surface area contributed by atoms with Crippen LogP contribution in [0.5, 0.6) is 0 Å². The number of rotatable bonds is 4. The van der Waals surface area contributed by atoms with E-state index in [1.807, 2.05) is 0 Å². The molecule has 6 heteroatoms. The van der Waals surface area contributed by atoms with Crippen molar-refractivity contribution in [1.82, 2.24) is 0 Å². The van der Waals surface area contributed by atoms with Gasteiger partial charge in [0.25, 0.3) is 0 Å². The second kappa shape index (κ2) is 8.97. The van der Waals surface area contributed by atoms with E-state index in [9.17, 15) is 9.59 Å². The molecule has 0 bridgehead atoms. The molecule has 13 heavy (non-hydrogen) atoms. The third-order valence-corrected chi connectivity index (χ3v) is 1.78. The summed E-state index contributed by atoms with van der Waals surface area (Å²) in [5.41, 5.74) is 0. The minimum atomic E-state index is -0.558. The summed E-state index contributed by atoms with van der Waals surface area (Å²) in [5, 5.41) is 0. The van der Waals surface area contributed by atoms with E-state index in [-0.39, 0.29) is 44.9 Å². The van der Waals surface area contributed by atoms with Gasteiger partial charge in [-0.15, -0.1) is 0 Å². The van der Waals surface area contributed by atoms with Gasteiger partial charge >= 0.3 is 11.9 Å². The predicted molar refractivity (Wildman–Crippen MR) is 44.4 cm³/mol. The molecule has 0 saturated carbocycles. The van der Waals surface area contributed by atoms with Crippen LogP contribution in [0.3, 0.4) is 0 Å². The summed E-state index contributed by atoms with van der Waals surface area (Å²) in [6, 6.07) is 0. The van der Waals surface area contributed by atoms with Crippen LogP contribution < -0.4 is 0 Å². The van der Waals surface area contributed by atoms with E-state index in [0.717, 1.165) is 0 Å². The zero-order valence-corrected chi connectivity index (χ0v) is 11.3. The monoisotopic (exact) mass is 280 g/mol. The first-order valence-corrected chi connectivity index (χ1v) is 3.96. The number of hydrogen-bond donors (Lipinski definition) is 0. The maximum Gasteiger partial charge on any atom is 0.307 e. The summed E-state index contributed by atoms with van der Waals surface area (Å²) in [7, 11) is 2.53. The molecule has 0 heterocycles. The minimum Gasteiger partial charge on any atom is -0.792 e. The Labute approximate surface area is 108 Å². The van der Waals surface area contributed by atoms with E-state index in [4.69, 9.17) is 0 Å². The summed E-state index contributed by atoms with van der Waals surface area (Å²) in [5.74, 6) is -1.30. The van der Waals surface area contributed by atoms with Gasteiger partial charge in [-0.05, 0) is 0 Å². The Kier molecular flexibility index (Phi) is 10.9. The van der Waals surface area contributed by atoms with E-state index in [0.29, 0.717) is 0 Å². The maximum atomic E-state index is 10.9. The topological polar surface area (TPSA) is 52.6 Å². The van der Waals surface area contributed by atoms with Gasteiger partial charge in [-0.1, -0.05) is 0 Å². The molecule has 0 aromatic carbocycles. The fraction of sp³-hybridized carbons (Fsp3) is 0.714. The molecule has 0 saturated heterocycles. The van der Waals surface area contributed by atoms with Crippen molar-refractivity contribution < 1.29 is 51.8 Å². The van der Waals surface area contributed by atoms with Crippen molar-refractivity contribution in [1.29, 1.82) is 0 Å². The molecule has 0 aliphatic heterocycles. The molecule has 0 aliphatic carbocycles. The van der Waals surface area contributed by atoms with Crippen molar-refractivity contribution in [3.8, 4) is 0 Å². The Hall–Kier alpha value is 0.394. The van der Waals surface area contributed by atoms with Crippen LogP contribution in [0.1, 0.15) is 6.42 Å². The average Bonchev–Trinajstić information content (AvgIpc) is 2.12. The van der Waals surface area contributed by atoms with Crippen LogP contribution >= 0.6 is 0 Å². The Morgan fingerprint density at radius 3 is 2.15 bits per heavy atom.